The summed E-state index contributed by atoms with van der Waals surface area (Å²) in [6.45, 7) is 2.23. The van der Waals surface area contributed by atoms with E-state index in [2.05, 4.69) is 29.5 Å². The second-order valence-electron chi connectivity index (χ2n) is 1.41. The van der Waals surface area contributed by atoms with E-state index in [1.54, 1.807) is 0 Å². The molecule has 6 heavy (non-hydrogen) atoms. The van der Waals surface area contributed by atoms with Crippen molar-refractivity contribution in [1.82, 2.24) is 0 Å². The molecule has 0 fully saturated rings. The molecule has 0 aromatic rings. The zero-order valence-electron chi connectivity index (χ0n) is 4.24. The fraction of sp³-hybridized carbons (Fsp3) is 1.00. The molecule has 1 heteroatoms. The summed E-state index contributed by atoms with van der Waals surface area (Å²) in [7, 11) is 0. The molecule has 0 rings (SSSR count). The molecule has 0 unspecified atom stereocenters. The van der Waals surface area contributed by atoms with Crippen molar-refractivity contribution in [3.8, 4) is 0 Å². The Balaban J connectivity index is 2.34. The second kappa shape index (κ2) is 5.73. The molecule has 0 heterocycles. The number of hydrogen-bond acceptors (Lipinski definition) is 0. The van der Waals surface area contributed by atoms with E-state index in [0.29, 0.717) is 0 Å². The first kappa shape index (κ1) is 6.73. The Morgan fingerprint density at radius 1 is 1.33 bits per heavy atom. The largest absolute Gasteiger partial charge is 0.252 e. The third-order valence-corrected chi connectivity index (χ3v) is 1.57. The number of halogens is 1. The van der Waals surface area contributed by atoms with Crippen LogP contribution in [-0.2, 0) is 0 Å². The van der Waals surface area contributed by atoms with Gasteiger partial charge >= 0.3 is 0 Å². The van der Waals surface area contributed by atoms with E-state index in [0.717, 1.165) is 0 Å². The van der Waals surface area contributed by atoms with Gasteiger partial charge in [0.2, 0.25) is 0 Å². The Morgan fingerprint density at radius 3 is 2.17 bits per heavy atom. The predicted octanol–water partition coefficient (Wildman–Crippen LogP) is -1.54. The minimum absolute atomic E-state index is 1.36. The third-order valence-electron chi connectivity index (χ3n) is 0.748. The fourth-order valence-electron chi connectivity index (χ4n) is 0.352. The minimum atomic E-state index is 1.36. The Kier molecular flexibility index (Phi) is 6.43. The monoisotopic (exact) mass is 199 g/mol. The molecule has 0 aromatic carbocycles. The Bertz CT molecular complexity index is 15.9. The van der Waals surface area contributed by atoms with Crippen LogP contribution in [-0.4, -0.2) is 4.43 Å². The number of unbranched alkanes of at least 4 members (excludes halogenated alkanes) is 2. The molecular formula is C5H12I+. The second-order valence-corrected chi connectivity index (χ2v) is 2.58. The quantitative estimate of drug-likeness (QED) is 0.293. The van der Waals surface area contributed by atoms with Gasteiger partial charge in [0.05, 0.1) is 0 Å². The van der Waals surface area contributed by atoms with Gasteiger partial charge in [-0.05, 0) is 12.8 Å². The average molecular weight is 199 g/mol. The molecule has 0 aliphatic heterocycles. The minimum Gasteiger partial charge on any atom is -0.0654 e. The SMILES string of the molecule is CCCCC[IH+]. The normalized spacial score (nSPS) is 9.00. The van der Waals surface area contributed by atoms with Crippen LogP contribution in [0.4, 0.5) is 0 Å². The van der Waals surface area contributed by atoms with Gasteiger partial charge in [-0.25, -0.2) is 0 Å². The molecule has 0 N–H and O–H groups in total. The van der Waals surface area contributed by atoms with Crippen LogP contribution < -0.4 is 22.6 Å². The van der Waals surface area contributed by atoms with Gasteiger partial charge in [0.1, 0.15) is 4.43 Å². The molecule has 0 aliphatic rings. The Hall–Kier alpha value is 0.730. The predicted molar refractivity (Wildman–Crippen MR) is 25.8 cm³/mol. The number of rotatable bonds is 3. The molecule has 38 valence electrons. The lowest BCUT2D eigenvalue weighted by molar-refractivity contribution is -0.368. The van der Waals surface area contributed by atoms with Crippen LogP contribution in [0.25, 0.3) is 0 Å². The molecule has 0 radical (unpaired) electrons. The van der Waals surface area contributed by atoms with Gasteiger partial charge in [0.25, 0.3) is 22.6 Å². The van der Waals surface area contributed by atoms with Crippen LogP contribution in [0.1, 0.15) is 26.2 Å². The highest BCUT2D eigenvalue weighted by Crippen LogP contribution is 1.87. The molecule has 0 atom stereocenters. The van der Waals surface area contributed by atoms with Crippen molar-refractivity contribution in [2.24, 2.45) is 0 Å². The van der Waals surface area contributed by atoms with Crippen LogP contribution in [0.15, 0.2) is 0 Å². The van der Waals surface area contributed by atoms with E-state index in [-0.39, 0.29) is 0 Å². The lowest BCUT2D eigenvalue weighted by atomic mass is 10.3. The van der Waals surface area contributed by atoms with Gasteiger partial charge < -0.3 is 0 Å². The summed E-state index contributed by atoms with van der Waals surface area (Å²) in [4.78, 5) is 0. The van der Waals surface area contributed by atoms with Gasteiger partial charge in [0.15, 0.2) is 0 Å². The molecule has 0 saturated carbocycles. The molecular weight excluding hydrogens is 187 g/mol. The maximum Gasteiger partial charge on any atom is 0.252 e. The van der Waals surface area contributed by atoms with Crippen molar-refractivity contribution in [2.75, 3.05) is 4.43 Å². The first-order chi connectivity index (χ1) is 2.91. The standard InChI is InChI=1S/C5H12I/c1-2-3-4-5-6/h6H,2-5H2,1H3/q+1. The summed E-state index contributed by atoms with van der Waals surface area (Å²) in [5, 5.41) is 0. The summed E-state index contributed by atoms with van der Waals surface area (Å²) in [5.41, 5.74) is 0. The zero-order chi connectivity index (χ0) is 4.83. The van der Waals surface area contributed by atoms with Crippen molar-refractivity contribution in [2.45, 2.75) is 26.2 Å². The van der Waals surface area contributed by atoms with E-state index in [9.17, 15) is 0 Å². The van der Waals surface area contributed by atoms with Gasteiger partial charge in [-0.2, -0.15) is 0 Å². The Morgan fingerprint density at radius 2 is 2.00 bits per heavy atom. The number of alkyl halides is 1. The third kappa shape index (κ3) is 4.73. The highest BCUT2D eigenvalue weighted by Gasteiger charge is 1.83. The molecule has 0 saturated heterocycles. The molecule has 0 spiro atoms. The fourth-order valence-corrected chi connectivity index (χ4v) is 0.935. The molecule has 0 bridgehead atoms. The van der Waals surface area contributed by atoms with Gasteiger partial charge in [-0.15, -0.1) is 0 Å². The van der Waals surface area contributed by atoms with Gasteiger partial charge in [0, 0.05) is 0 Å². The van der Waals surface area contributed by atoms with Gasteiger partial charge in [-0.1, -0.05) is 13.3 Å². The summed E-state index contributed by atoms with van der Waals surface area (Å²) < 4.78 is 1.36. The summed E-state index contributed by atoms with van der Waals surface area (Å²) in [6.07, 6.45) is 4.19. The van der Waals surface area contributed by atoms with Crippen molar-refractivity contribution < 1.29 is 22.6 Å². The summed E-state index contributed by atoms with van der Waals surface area (Å²) in [6, 6.07) is 0. The van der Waals surface area contributed by atoms with Crippen molar-refractivity contribution >= 4 is 0 Å². The molecule has 0 nitrogen and oxygen atoms in total. The van der Waals surface area contributed by atoms with Crippen LogP contribution >= 0.6 is 0 Å². The van der Waals surface area contributed by atoms with Crippen LogP contribution in [0.3, 0.4) is 0 Å². The lowest BCUT2D eigenvalue weighted by Gasteiger charge is -1.80. The summed E-state index contributed by atoms with van der Waals surface area (Å²) >= 11 is 2.17. The van der Waals surface area contributed by atoms with Crippen LogP contribution in [0.2, 0.25) is 0 Å². The maximum absolute atomic E-state index is 2.23. The highest BCUT2D eigenvalue weighted by molar-refractivity contribution is 4.29. The molecule has 0 aliphatic carbocycles. The van der Waals surface area contributed by atoms with E-state index < -0.39 is 0 Å². The van der Waals surface area contributed by atoms with E-state index in [1.807, 2.05) is 0 Å². The number of hydrogen-bond donors (Lipinski definition) is 0. The smallest absolute Gasteiger partial charge is 0.0654 e. The molecule has 0 aromatic heterocycles. The topological polar surface area (TPSA) is 0 Å². The molecule has 0 amide bonds. The maximum atomic E-state index is 2.23. The van der Waals surface area contributed by atoms with E-state index in [4.69, 9.17) is 0 Å². The Labute approximate surface area is 53.5 Å². The van der Waals surface area contributed by atoms with Crippen molar-refractivity contribution in [3.05, 3.63) is 0 Å². The van der Waals surface area contributed by atoms with E-state index >= 15 is 0 Å². The average Bonchev–Trinajstić information content (AvgIpc) is 1.61. The van der Waals surface area contributed by atoms with Crippen LogP contribution in [0.5, 0.6) is 0 Å². The van der Waals surface area contributed by atoms with Crippen molar-refractivity contribution in [3.63, 3.8) is 0 Å². The summed E-state index contributed by atoms with van der Waals surface area (Å²) in [5.74, 6) is 0. The van der Waals surface area contributed by atoms with E-state index in [1.165, 1.54) is 23.7 Å². The van der Waals surface area contributed by atoms with Crippen LogP contribution in [0, 0.1) is 0 Å². The first-order valence-electron chi connectivity index (χ1n) is 2.50. The highest BCUT2D eigenvalue weighted by atomic mass is 127. The lowest BCUT2D eigenvalue weighted by Crippen LogP contribution is -3.35. The first-order valence-corrected chi connectivity index (χ1v) is 4.14. The zero-order valence-corrected chi connectivity index (χ0v) is 6.57. The van der Waals surface area contributed by atoms with Gasteiger partial charge in [-0.3, -0.25) is 0 Å². The van der Waals surface area contributed by atoms with Crippen molar-refractivity contribution in [1.29, 1.82) is 0 Å².